The van der Waals surface area contributed by atoms with Crippen LogP contribution in [0.3, 0.4) is 0 Å². The SMILES string of the molecule is Cc1cc(C(=O)N2C[C@@H]3COC[C@H](C2)N(C)C3)c2ccc(C)c(C)c2n1.O=CO. The van der Waals surface area contributed by atoms with Gasteiger partial charge in [-0.2, -0.15) is 0 Å². The highest BCUT2D eigenvalue weighted by molar-refractivity contribution is 6.07. The van der Waals surface area contributed by atoms with Gasteiger partial charge in [0.25, 0.3) is 12.4 Å². The Morgan fingerprint density at radius 2 is 1.93 bits per heavy atom. The van der Waals surface area contributed by atoms with Crippen molar-refractivity contribution in [3.63, 3.8) is 0 Å². The van der Waals surface area contributed by atoms with Crippen molar-refractivity contribution in [3.8, 4) is 0 Å². The van der Waals surface area contributed by atoms with Crippen LogP contribution in [-0.4, -0.2) is 78.2 Å². The van der Waals surface area contributed by atoms with Gasteiger partial charge in [0.1, 0.15) is 0 Å². The van der Waals surface area contributed by atoms with Crippen LogP contribution >= 0.6 is 0 Å². The van der Waals surface area contributed by atoms with E-state index in [1.165, 1.54) is 5.56 Å². The number of carbonyl (C=O) groups is 2. The Balaban J connectivity index is 0.000000755. The average molecular weight is 399 g/mol. The predicted molar refractivity (Wildman–Crippen MR) is 111 cm³/mol. The monoisotopic (exact) mass is 399 g/mol. The van der Waals surface area contributed by atoms with Crippen molar-refractivity contribution < 1.29 is 19.4 Å². The van der Waals surface area contributed by atoms with Gasteiger partial charge in [0.15, 0.2) is 0 Å². The summed E-state index contributed by atoms with van der Waals surface area (Å²) in [6.45, 7) is 9.80. The van der Waals surface area contributed by atoms with Crippen molar-refractivity contribution in [3.05, 3.63) is 40.6 Å². The van der Waals surface area contributed by atoms with Gasteiger partial charge in [-0.05, 0) is 45.0 Å². The van der Waals surface area contributed by atoms with Crippen molar-refractivity contribution in [2.45, 2.75) is 26.8 Å². The number of ether oxygens (including phenoxy) is 1. The van der Waals surface area contributed by atoms with Gasteiger partial charge in [-0.3, -0.25) is 19.5 Å². The van der Waals surface area contributed by atoms with E-state index in [1.54, 1.807) is 0 Å². The van der Waals surface area contributed by atoms with Crippen LogP contribution in [0.5, 0.6) is 0 Å². The van der Waals surface area contributed by atoms with Gasteiger partial charge in [-0.25, -0.2) is 0 Å². The second kappa shape index (κ2) is 8.88. The molecular formula is C22H29N3O4. The second-order valence-corrected chi connectivity index (χ2v) is 8.03. The van der Waals surface area contributed by atoms with E-state index in [-0.39, 0.29) is 18.4 Å². The zero-order valence-corrected chi connectivity index (χ0v) is 17.5. The Hall–Kier alpha value is -2.51. The van der Waals surface area contributed by atoms with Crippen molar-refractivity contribution >= 4 is 23.3 Å². The molecule has 2 aliphatic rings. The van der Waals surface area contributed by atoms with Crippen molar-refractivity contribution in [1.29, 1.82) is 0 Å². The number of amides is 1. The van der Waals surface area contributed by atoms with Gasteiger partial charge in [-0.1, -0.05) is 12.1 Å². The summed E-state index contributed by atoms with van der Waals surface area (Å²) in [5.41, 5.74) is 4.98. The smallest absolute Gasteiger partial charge is 0.290 e. The molecule has 0 radical (unpaired) electrons. The molecule has 2 aromatic rings. The summed E-state index contributed by atoms with van der Waals surface area (Å²) in [6.07, 6.45) is 0. The standard InChI is InChI=1S/C21H27N3O2.CH2O2/c1-13-5-6-18-19(7-14(2)22-20(18)15(13)3)21(25)24-9-16-8-23(4)17(10-24)12-26-11-16;2-1-3/h5-7,16-17H,8-12H2,1-4H3;1H,(H,2,3)/t16-,17+;/m1./s1. The van der Waals surface area contributed by atoms with Crippen LogP contribution < -0.4 is 0 Å². The van der Waals surface area contributed by atoms with E-state index >= 15 is 0 Å². The summed E-state index contributed by atoms with van der Waals surface area (Å²) in [6, 6.07) is 6.35. The summed E-state index contributed by atoms with van der Waals surface area (Å²) in [5, 5.41) is 7.85. The van der Waals surface area contributed by atoms with Gasteiger partial charge >= 0.3 is 0 Å². The number of carbonyl (C=O) groups excluding carboxylic acids is 1. The van der Waals surface area contributed by atoms with Crippen LogP contribution in [0, 0.1) is 26.7 Å². The zero-order valence-electron chi connectivity index (χ0n) is 17.5. The molecule has 2 bridgehead atoms. The fraction of sp³-hybridized carbons (Fsp3) is 0.500. The molecule has 156 valence electrons. The lowest BCUT2D eigenvalue weighted by atomic mass is 10.00. The maximum absolute atomic E-state index is 13.5. The predicted octanol–water partition coefficient (Wildman–Crippen LogP) is 2.26. The van der Waals surface area contributed by atoms with Crippen LogP contribution in [-0.2, 0) is 9.53 Å². The number of hydrogen-bond acceptors (Lipinski definition) is 5. The van der Waals surface area contributed by atoms with Crippen LogP contribution in [0.1, 0.15) is 27.2 Å². The molecule has 7 heteroatoms. The molecule has 3 heterocycles. The number of aromatic nitrogens is 1. The maximum Gasteiger partial charge on any atom is 0.290 e. The number of fused-ring (bicyclic) bond motifs is 4. The minimum Gasteiger partial charge on any atom is -0.483 e. The summed E-state index contributed by atoms with van der Waals surface area (Å²) < 4.78 is 5.79. The van der Waals surface area contributed by atoms with E-state index in [2.05, 4.69) is 31.9 Å². The number of likely N-dealkylation sites (N-methyl/N-ethyl adjacent to an activating group) is 1. The minimum absolute atomic E-state index is 0.121. The highest BCUT2D eigenvalue weighted by Crippen LogP contribution is 2.27. The molecule has 1 aromatic heterocycles. The molecule has 7 nitrogen and oxygen atoms in total. The van der Waals surface area contributed by atoms with Gasteiger partial charge < -0.3 is 14.7 Å². The zero-order chi connectivity index (χ0) is 21.1. The molecule has 2 saturated heterocycles. The molecule has 29 heavy (non-hydrogen) atoms. The van der Waals surface area contributed by atoms with E-state index < -0.39 is 0 Å². The Morgan fingerprint density at radius 1 is 1.21 bits per heavy atom. The molecule has 0 unspecified atom stereocenters. The lowest BCUT2D eigenvalue weighted by Gasteiger charge is -2.30. The number of nitrogens with zero attached hydrogens (tertiary/aromatic N) is 3. The topological polar surface area (TPSA) is 83.0 Å². The summed E-state index contributed by atoms with van der Waals surface area (Å²) >= 11 is 0. The number of carboxylic acid groups (broad SMARTS) is 1. The fourth-order valence-electron chi connectivity index (χ4n) is 4.22. The number of pyridine rings is 1. The Kier molecular flexibility index (Phi) is 6.49. The number of benzene rings is 1. The maximum atomic E-state index is 13.5. The Labute approximate surface area is 171 Å². The van der Waals surface area contributed by atoms with Crippen LogP contribution in [0.2, 0.25) is 0 Å². The molecular weight excluding hydrogens is 370 g/mol. The molecule has 2 aliphatic heterocycles. The molecule has 0 aliphatic carbocycles. The third-order valence-corrected chi connectivity index (χ3v) is 5.89. The average Bonchev–Trinajstić information content (AvgIpc) is 2.93. The largest absolute Gasteiger partial charge is 0.483 e. The second-order valence-electron chi connectivity index (χ2n) is 8.03. The van der Waals surface area contributed by atoms with E-state index in [4.69, 9.17) is 19.6 Å². The van der Waals surface area contributed by atoms with Crippen molar-refractivity contribution in [1.82, 2.24) is 14.8 Å². The molecule has 2 atom stereocenters. The van der Waals surface area contributed by atoms with Gasteiger partial charge in [0.2, 0.25) is 0 Å². The van der Waals surface area contributed by atoms with Crippen LogP contribution in [0.25, 0.3) is 10.9 Å². The molecule has 2 fully saturated rings. The minimum atomic E-state index is -0.250. The first-order valence-corrected chi connectivity index (χ1v) is 9.88. The summed E-state index contributed by atoms with van der Waals surface area (Å²) in [7, 11) is 2.14. The van der Waals surface area contributed by atoms with E-state index in [9.17, 15) is 4.79 Å². The molecule has 4 rings (SSSR count). The van der Waals surface area contributed by atoms with Gasteiger partial charge in [0, 0.05) is 36.6 Å². The molecule has 0 spiro atoms. The van der Waals surface area contributed by atoms with Gasteiger partial charge in [-0.15, -0.1) is 0 Å². The first-order valence-electron chi connectivity index (χ1n) is 9.88. The first-order chi connectivity index (χ1) is 13.8. The summed E-state index contributed by atoms with van der Waals surface area (Å²) in [5.74, 6) is 0.491. The molecule has 1 amide bonds. The molecule has 0 saturated carbocycles. The van der Waals surface area contributed by atoms with Gasteiger partial charge in [0.05, 0.1) is 30.3 Å². The Morgan fingerprint density at radius 3 is 2.66 bits per heavy atom. The third kappa shape index (κ3) is 4.41. The molecule has 1 N–H and O–H groups in total. The highest BCUT2D eigenvalue weighted by atomic mass is 16.5. The van der Waals surface area contributed by atoms with E-state index in [0.717, 1.165) is 54.0 Å². The third-order valence-electron chi connectivity index (χ3n) is 5.89. The summed E-state index contributed by atoms with van der Waals surface area (Å²) in [4.78, 5) is 30.9. The van der Waals surface area contributed by atoms with E-state index in [0.29, 0.717) is 12.5 Å². The lowest BCUT2D eigenvalue weighted by Crippen LogP contribution is -2.44. The van der Waals surface area contributed by atoms with Crippen molar-refractivity contribution in [2.75, 3.05) is 39.9 Å². The van der Waals surface area contributed by atoms with Crippen LogP contribution in [0.15, 0.2) is 18.2 Å². The normalized spacial score (nSPS) is 21.9. The number of hydrogen-bond donors (Lipinski definition) is 1. The molecule has 1 aromatic carbocycles. The Bertz CT molecular complexity index is 915. The fourth-order valence-corrected chi connectivity index (χ4v) is 4.22. The lowest BCUT2D eigenvalue weighted by molar-refractivity contribution is -0.122. The number of aryl methyl sites for hydroxylation is 3. The number of rotatable bonds is 1. The van der Waals surface area contributed by atoms with Crippen molar-refractivity contribution in [2.24, 2.45) is 5.92 Å². The highest BCUT2D eigenvalue weighted by Gasteiger charge is 2.34. The van der Waals surface area contributed by atoms with Crippen LogP contribution in [0.4, 0.5) is 0 Å². The first kappa shape index (κ1) is 21.2. The quantitative estimate of drug-likeness (QED) is 0.741. The van der Waals surface area contributed by atoms with E-state index in [1.807, 2.05) is 24.0 Å².